The van der Waals surface area contributed by atoms with Crippen LogP contribution >= 0.6 is 19.4 Å². The van der Waals surface area contributed by atoms with E-state index in [-0.39, 0.29) is 135 Å². The standard InChI is InChI=1S/C32H45N3O4S.C15H14N4O.C10H11F3N2O5.C10H15N5O3.C8H11N5O3.C8H14N3O6P.Zn/c1-21-25(15-10-16-28(21)36)30(38)33-26(20-40-24-13-6-5-7-14-24)29(37)19-35-18-23-12-9-8-11-22(23)17-27(35)31(39)34-32(2,3)4;1-9-6-8-17-14-12(9)18-15(20)11-3-2-7-16-13(11)19(14)10-4-5-10;11-10(12,13)4-2-15(9(19)14-8(4)18)7-1-5(17)6(3-16)20-7;11-10-13-8-7(9(18)14-10)12-5-15(8)2-1-6(3-16)4-17;9-8-11-6-5(7(15)12-8)10-3-13(6)4-16-2-1-14;9-7-1-2-11(8(13)10-7)3-6(4-12)17-5-18(14,15)16;/h5-7,10,13-16,22-23,26-27,29,36-37H,8-9,11-12,17-20H2,1-4H3,(H,33,38)(H,34,39);2-3,6-8,10H,4-5H2,1H3,(H,18,20);2,5-7,16-17H,1,3H2,(H,14,18,19);5-6,16-17H,1-4H2,(H3,11,13,14,18);3,14H,1-2,4H2,(H3,9,11,12,15);1-2,6,12H,3-5H2,(H2,9,10,13)(H2,14,15,16);/t22-,23+,26-,27-,29+;;5-,6+,7+;;;6-;/m0.0..0./s1. The topological polar surface area (TPSA) is 662 Å². The van der Waals surface area contributed by atoms with Crippen molar-refractivity contribution in [1.29, 1.82) is 0 Å². The first-order valence-corrected chi connectivity index (χ1v) is 44.8. The maximum absolute atomic E-state index is 13.5. The number of aromatic amines is 3. The summed E-state index contributed by atoms with van der Waals surface area (Å²) in [6.45, 7) is 10.3. The molecule has 3 aliphatic heterocycles. The Morgan fingerprint density at radius 1 is 0.759 bits per heavy atom. The molecule has 2 aliphatic carbocycles. The average molecular weight is 1950 g/mol. The van der Waals surface area contributed by atoms with E-state index in [1.807, 2.05) is 70.2 Å². The predicted octanol–water partition coefficient (Wildman–Crippen LogP) is 2.29. The summed E-state index contributed by atoms with van der Waals surface area (Å²) >= 11 is 1.57. The van der Waals surface area contributed by atoms with Crippen molar-refractivity contribution in [2.24, 2.45) is 17.8 Å². The Morgan fingerprint density at radius 3 is 2.02 bits per heavy atom. The molecule has 4 fully saturated rings. The number of nitrogens with one attached hydrogen (secondary N) is 6. The zero-order chi connectivity index (χ0) is 96.1. The normalized spacial score (nSPS) is 18.3. The van der Waals surface area contributed by atoms with E-state index in [1.54, 1.807) is 69.5 Å². The van der Waals surface area contributed by atoms with Gasteiger partial charge < -0.3 is 117 Å². The molecule has 44 nitrogen and oxygen atoms in total. The van der Waals surface area contributed by atoms with Crippen molar-refractivity contribution in [3.63, 3.8) is 0 Å². The number of likely N-dealkylation sites (tertiary alicyclic amines) is 1. The number of hydrogen-bond donors (Lipinski definition) is 19. The molecular formula is C83H110F3N22O22PSZn. The van der Waals surface area contributed by atoms with Crippen LogP contribution in [0.3, 0.4) is 0 Å². The second-order valence-electron chi connectivity index (χ2n) is 32.8. The number of benzene rings is 2. The molecular weight excluding hydrogens is 1840 g/mol. The van der Waals surface area contributed by atoms with E-state index in [2.05, 4.69) is 70.6 Å². The number of piperidine rings is 1. The Labute approximate surface area is 774 Å². The second kappa shape index (κ2) is 48.2. The van der Waals surface area contributed by atoms with Crippen molar-refractivity contribution >= 4 is 94.4 Å². The number of nitrogens with zero attached hydrogens (tertiary/aromatic N) is 13. The molecule has 718 valence electrons. The summed E-state index contributed by atoms with van der Waals surface area (Å²) in [6, 6.07) is 21.2. The van der Waals surface area contributed by atoms with Crippen molar-refractivity contribution in [1.82, 2.24) is 83.6 Å². The van der Waals surface area contributed by atoms with Gasteiger partial charge in [0.15, 0.2) is 16.9 Å². The van der Waals surface area contributed by atoms with Crippen LogP contribution < -0.4 is 66.1 Å². The maximum atomic E-state index is 13.5. The van der Waals surface area contributed by atoms with Crippen LogP contribution in [-0.4, -0.2) is 254 Å². The molecule has 0 unspecified atom stereocenters. The molecule has 3 amide bonds. The number of imidazole rings is 2. The number of nitrogen functional groups attached to an aromatic ring is 3. The van der Waals surface area contributed by atoms with Gasteiger partial charge in [-0.2, -0.15) is 28.1 Å². The van der Waals surface area contributed by atoms with Crippen molar-refractivity contribution in [3.8, 4) is 5.75 Å². The third kappa shape index (κ3) is 29.4. The zero-order valence-corrected chi connectivity index (χ0v) is 78.1. The number of H-pyrrole nitrogens is 3. The van der Waals surface area contributed by atoms with Gasteiger partial charge in [0, 0.05) is 123 Å². The molecule has 0 radical (unpaired) electrons. The minimum Gasteiger partial charge on any atom is -0.508 e. The van der Waals surface area contributed by atoms with Gasteiger partial charge in [0.25, 0.3) is 17.4 Å². The van der Waals surface area contributed by atoms with Crippen molar-refractivity contribution in [2.45, 2.75) is 178 Å². The van der Waals surface area contributed by atoms with Gasteiger partial charge in [0.05, 0.1) is 87.3 Å². The summed E-state index contributed by atoms with van der Waals surface area (Å²) in [5, 5.41) is 84.9. The number of hydrogen-bond acceptors (Lipinski definition) is 33. The number of alkyl halides is 3. The van der Waals surface area contributed by atoms with Gasteiger partial charge >= 0.3 is 36.3 Å². The van der Waals surface area contributed by atoms with E-state index < -0.39 is 104 Å². The number of rotatable bonds is 27. The number of aliphatic hydroxyl groups is 7. The number of aromatic nitrogens is 14. The number of carbonyl (C=O) groups excluding carboxylic acids is 3. The number of pyridine rings is 2. The number of ether oxygens (including phenoxy) is 3. The molecule has 9 atom stereocenters. The molecule has 10 aromatic rings. The molecule has 11 heterocycles. The summed E-state index contributed by atoms with van der Waals surface area (Å²) < 4.78 is 68.4. The Morgan fingerprint density at radius 2 is 1.41 bits per heavy atom. The molecule has 0 bridgehead atoms. The summed E-state index contributed by atoms with van der Waals surface area (Å²) in [6.07, 6.45) is 5.50. The second-order valence-corrected chi connectivity index (χ2v) is 35.5. The minimum absolute atomic E-state index is 0. The van der Waals surface area contributed by atoms with Crippen LogP contribution in [0.25, 0.3) is 22.3 Å². The van der Waals surface area contributed by atoms with Crippen LogP contribution in [-0.2, 0) is 69.0 Å². The summed E-state index contributed by atoms with van der Waals surface area (Å²) in [5.41, 5.74) is 14.8. The van der Waals surface area contributed by atoms with Crippen LogP contribution in [0.2, 0.25) is 0 Å². The van der Waals surface area contributed by atoms with E-state index in [4.69, 9.17) is 66.7 Å². The van der Waals surface area contributed by atoms with Gasteiger partial charge in [-0.15, -0.1) is 11.8 Å². The van der Waals surface area contributed by atoms with Gasteiger partial charge in [0.2, 0.25) is 17.8 Å². The van der Waals surface area contributed by atoms with Gasteiger partial charge in [-0.1, -0.05) is 43.5 Å². The van der Waals surface area contributed by atoms with Crippen LogP contribution in [0, 0.1) is 31.6 Å². The maximum Gasteiger partial charge on any atom is 0.423 e. The van der Waals surface area contributed by atoms with Gasteiger partial charge in [-0.05, 0) is 133 Å². The fraction of sp³-hybridized carbons (Fsp3) is 0.482. The first kappa shape index (κ1) is 106. The van der Waals surface area contributed by atoms with Crippen molar-refractivity contribution in [3.05, 3.63) is 190 Å². The number of amides is 3. The molecule has 5 aliphatic rings. The molecule has 50 heteroatoms. The molecule has 2 aromatic carbocycles. The van der Waals surface area contributed by atoms with Gasteiger partial charge in [-0.25, -0.2) is 29.5 Å². The molecule has 22 N–H and O–H groups in total. The van der Waals surface area contributed by atoms with Crippen LogP contribution in [0.15, 0.2) is 139 Å². The molecule has 8 aromatic heterocycles. The van der Waals surface area contributed by atoms with Crippen LogP contribution in [0.4, 0.5) is 48.2 Å². The Bertz CT molecular complexity index is 5940. The van der Waals surface area contributed by atoms with E-state index >= 15 is 0 Å². The number of thioether (sulfide) groups is 1. The SMILES string of the molecule is Cc1c(O)cccc1C(=O)N[C@@H](CSc1ccccc1)[C@H](O)CN1C[C@H]2CCCC[C@H]2C[C@H]1C(=O)NC(C)(C)C.Cc1ccnc2c1NC(=O)c1cccnc1N2C1CC1.Nc1ccn(C[C@@H](CO)OCP(=O)(O)O)c(=O)n1.Nc1nc(=O)c2ncn(CCC(CO)CO)c2[nH]1.Nc1nc(=O)c2ncn(COCCO)c2[nH]1.O=c1[nH]c(=O)n([C@H]2C[C@H](O)[C@@H](CO)O2)cc1C(F)(F)F.[Zn]. The van der Waals surface area contributed by atoms with Gasteiger partial charge in [0.1, 0.15) is 59.7 Å². The molecule has 15 rings (SSSR count). The number of β-amino-alcohol motifs (C(OH)–C–C–N with tert-alkyl or cyclic N) is 1. The number of aromatic hydroxyl groups is 1. The molecule has 2 saturated carbocycles. The molecule has 0 spiro atoms. The Kier molecular flexibility index (Phi) is 38.2. The van der Waals surface area contributed by atoms with Crippen LogP contribution in [0.5, 0.6) is 5.75 Å². The number of halogens is 3. The number of nitrogens with two attached hydrogens (primary N) is 3. The number of aliphatic hydroxyl groups excluding tert-OH is 7. The monoisotopic (exact) mass is 1950 g/mol. The number of phenolic OH excluding ortho intramolecular Hbond substituents is 1. The average Bonchev–Trinajstić information content (AvgIpc) is 1.61. The number of phenols is 1. The third-order valence-electron chi connectivity index (χ3n) is 21.7. The minimum atomic E-state index is -4.92. The Balaban J connectivity index is 0.000000186. The molecule has 2 saturated heterocycles. The zero-order valence-electron chi connectivity index (χ0n) is 73.4. The van der Waals surface area contributed by atoms with Crippen LogP contribution in [0.1, 0.15) is 122 Å². The fourth-order valence-corrected chi connectivity index (χ4v) is 16.2. The number of anilines is 6. The van der Waals surface area contributed by atoms with Crippen molar-refractivity contribution < 1.29 is 116 Å². The van der Waals surface area contributed by atoms with E-state index in [9.17, 15) is 71.4 Å². The van der Waals surface area contributed by atoms with Gasteiger partial charge in [-0.3, -0.25) is 56.9 Å². The Hall–Kier alpha value is -11.1. The van der Waals surface area contributed by atoms with E-state index in [1.165, 1.54) is 37.8 Å². The number of aryl methyl sites for hydroxylation is 2. The number of carbonyl (C=O) groups is 3. The van der Waals surface area contributed by atoms with E-state index in [0.717, 1.165) is 65.2 Å². The van der Waals surface area contributed by atoms with E-state index in [0.29, 0.717) is 87.7 Å². The third-order valence-corrected chi connectivity index (χ3v) is 23.3. The first-order valence-electron chi connectivity index (χ1n) is 42.0. The predicted molar refractivity (Wildman–Crippen MR) is 477 cm³/mol. The summed E-state index contributed by atoms with van der Waals surface area (Å²) in [7, 11) is -4.31. The largest absolute Gasteiger partial charge is 0.508 e. The fourth-order valence-electron chi connectivity index (χ4n) is 14.8. The summed E-state index contributed by atoms with van der Waals surface area (Å²) in [5.74, 6) is 2.61. The first-order chi connectivity index (χ1) is 62.7. The summed E-state index contributed by atoms with van der Waals surface area (Å²) in [4.78, 5) is 153. The smallest absolute Gasteiger partial charge is 0.423 e. The van der Waals surface area contributed by atoms with Crippen molar-refractivity contribution in [2.75, 3.05) is 92.2 Å². The molecule has 133 heavy (non-hydrogen) atoms. The quantitative estimate of drug-likeness (QED) is 0.0152. The number of fused-ring (bicyclic) bond motifs is 5.